The lowest BCUT2D eigenvalue weighted by atomic mass is 10.2. The highest BCUT2D eigenvalue weighted by Gasteiger charge is 2.17. The minimum Gasteiger partial charge on any atom is -0.314 e. The van der Waals surface area contributed by atoms with Crippen molar-refractivity contribution >= 4 is 24.8 Å². The van der Waals surface area contributed by atoms with Crippen LogP contribution in [0.3, 0.4) is 0 Å². The molecule has 1 aliphatic rings. The number of hydrogen-bond acceptors (Lipinski definition) is 2. The maximum atomic E-state index is 4.25. The second kappa shape index (κ2) is 5.47. The number of aromatic nitrogens is 2. The molecule has 0 saturated carbocycles. The van der Waals surface area contributed by atoms with Crippen molar-refractivity contribution in [2.75, 3.05) is 7.05 Å². The molecule has 0 bridgehead atoms. The average molecular weight is 224 g/mol. The lowest BCUT2D eigenvalue weighted by Crippen LogP contribution is -2.07. The number of H-pyrrole nitrogens is 1. The third-order valence-corrected chi connectivity index (χ3v) is 2.23. The fourth-order valence-electron chi connectivity index (χ4n) is 1.70. The Morgan fingerprint density at radius 1 is 1.38 bits per heavy atom. The van der Waals surface area contributed by atoms with Crippen LogP contribution in [0.25, 0.3) is 0 Å². The lowest BCUT2D eigenvalue weighted by Gasteiger charge is -1.96. The SMILES string of the molecule is CNCc1[nH]nc2c1CCC2.Cl.Cl. The average Bonchev–Trinajstić information content (AvgIpc) is 2.53. The van der Waals surface area contributed by atoms with E-state index in [2.05, 4.69) is 15.5 Å². The molecule has 2 rings (SSSR count). The minimum absolute atomic E-state index is 0. The fraction of sp³-hybridized carbons (Fsp3) is 0.625. The van der Waals surface area contributed by atoms with Crippen LogP contribution in [-0.4, -0.2) is 17.2 Å². The molecule has 76 valence electrons. The lowest BCUT2D eigenvalue weighted by molar-refractivity contribution is 0.760. The number of halogens is 2. The molecule has 1 aromatic rings. The van der Waals surface area contributed by atoms with Gasteiger partial charge in [-0.3, -0.25) is 5.10 Å². The van der Waals surface area contributed by atoms with Crippen LogP contribution in [0.4, 0.5) is 0 Å². The summed E-state index contributed by atoms with van der Waals surface area (Å²) >= 11 is 0. The van der Waals surface area contributed by atoms with Crippen molar-refractivity contribution < 1.29 is 0 Å². The van der Waals surface area contributed by atoms with Gasteiger partial charge >= 0.3 is 0 Å². The fourth-order valence-corrected chi connectivity index (χ4v) is 1.70. The molecule has 5 heteroatoms. The molecule has 0 saturated heterocycles. The molecule has 0 amide bonds. The molecule has 13 heavy (non-hydrogen) atoms. The van der Waals surface area contributed by atoms with E-state index < -0.39 is 0 Å². The monoisotopic (exact) mass is 223 g/mol. The van der Waals surface area contributed by atoms with E-state index in [1.54, 1.807) is 0 Å². The van der Waals surface area contributed by atoms with Gasteiger partial charge in [0.25, 0.3) is 0 Å². The molecule has 0 fully saturated rings. The van der Waals surface area contributed by atoms with Gasteiger partial charge in [0.05, 0.1) is 11.4 Å². The summed E-state index contributed by atoms with van der Waals surface area (Å²) in [6.45, 7) is 0.919. The highest BCUT2D eigenvalue weighted by atomic mass is 35.5. The second-order valence-corrected chi connectivity index (χ2v) is 3.01. The zero-order valence-corrected chi connectivity index (χ0v) is 9.23. The Hall–Kier alpha value is -0.250. The van der Waals surface area contributed by atoms with Gasteiger partial charge in [0.2, 0.25) is 0 Å². The number of nitrogens with one attached hydrogen (secondary N) is 2. The van der Waals surface area contributed by atoms with Crippen LogP contribution in [0.15, 0.2) is 0 Å². The van der Waals surface area contributed by atoms with Gasteiger partial charge in [0.1, 0.15) is 0 Å². The maximum absolute atomic E-state index is 4.25. The Bertz CT molecular complexity index is 260. The highest BCUT2D eigenvalue weighted by Crippen LogP contribution is 2.22. The predicted molar refractivity (Wildman–Crippen MR) is 57.9 cm³/mol. The first-order valence-corrected chi connectivity index (χ1v) is 4.11. The first kappa shape index (κ1) is 12.8. The summed E-state index contributed by atoms with van der Waals surface area (Å²) in [5, 5.41) is 10.4. The molecule has 0 atom stereocenters. The molecule has 1 aromatic heterocycles. The van der Waals surface area contributed by atoms with Gasteiger partial charge in [-0.2, -0.15) is 5.10 Å². The summed E-state index contributed by atoms with van der Waals surface area (Å²) in [6, 6.07) is 0. The number of rotatable bonds is 2. The number of fused-ring (bicyclic) bond motifs is 1. The molecule has 0 spiro atoms. The van der Waals surface area contributed by atoms with Crippen molar-refractivity contribution in [3.05, 3.63) is 17.0 Å². The van der Waals surface area contributed by atoms with Crippen molar-refractivity contribution in [3.63, 3.8) is 0 Å². The molecule has 1 heterocycles. The van der Waals surface area contributed by atoms with E-state index in [9.17, 15) is 0 Å². The Kier molecular flexibility index (Phi) is 5.37. The van der Waals surface area contributed by atoms with E-state index in [1.165, 1.54) is 29.8 Å². The summed E-state index contributed by atoms with van der Waals surface area (Å²) in [5.41, 5.74) is 4.02. The Morgan fingerprint density at radius 3 is 2.85 bits per heavy atom. The Balaban J connectivity index is 0.000000720. The normalized spacial score (nSPS) is 13.0. The highest BCUT2D eigenvalue weighted by molar-refractivity contribution is 5.85. The predicted octanol–water partition coefficient (Wildman–Crippen LogP) is 1.46. The summed E-state index contributed by atoms with van der Waals surface area (Å²) in [6.07, 6.45) is 3.65. The molecular weight excluding hydrogens is 209 g/mol. The summed E-state index contributed by atoms with van der Waals surface area (Å²) in [4.78, 5) is 0. The third kappa shape index (κ3) is 2.36. The van der Waals surface area contributed by atoms with Crippen LogP contribution in [-0.2, 0) is 19.4 Å². The van der Waals surface area contributed by atoms with Crippen LogP contribution in [0.1, 0.15) is 23.4 Å². The zero-order valence-electron chi connectivity index (χ0n) is 7.59. The third-order valence-electron chi connectivity index (χ3n) is 2.23. The van der Waals surface area contributed by atoms with E-state index in [1.807, 2.05) is 7.05 Å². The van der Waals surface area contributed by atoms with E-state index in [0.29, 0.717) is 0 Å². The topological polar surface area (TPSA) is 40.7 Å². The van der Waals surface area contributed by atoms with Gasteiger partial charge in [0.15, 0.2) is 0 Å². The van der Waals surface area contributed by atoms with E-state index in [-0.39, 0.29) is 24.8 Å². The van der Waals surface area contributed by atoms with E-state index in [0.717, 1.165) is 13.0 Å². The standard InChI is InChI=1S/C8H13N3.2ClH/c1-9-5-8-6-3-2-4-7(6)10-11-8;;/h9H,2-5H2,1H3,(H,10,11);2*1H. The van der Waals surface area contributed by atoms with Crippen LogP contribution in [0.5, 0.6) is 0 Å². The van der Waals surface area contributed by atoms with Gasteiger partial charge < -0.3 is 5.32 Å². The Morgan fingerprint density at radius 2 is 2.15 bits per heavy atom. The van der Waals surface area contributed by atoms with Gasteiger partial charge in [-0.25, -0.2) is 0 Å². The summed E-state index contributed by atoms with van der Waals surface area (Å²) in [7, 11) is 1.96. The molecule has 0 unspecified atom stereocenters. The van der Waals surface area contributed by atoms with E-state index in [4.69, 9.17) is 0 Å². The van der Waals surface area contributed by atoms with Crippen LogP contribution < -0.4 is 5.32 Å². The first-order valence-electron chi connectivity index (χ1n) is 4.11. The summed E-state index contributed by atoms with van der Waals surface area (Å²) < 4.78 is 0. The van der Waals surface area contributed by atoms with Gasteiger partial charge in [-0.1, -0.05) is 0 Å². The van der Waals surface area contributed by atoms with Gasteiger partial charge in [-0.15, -0.1) is 24.8 Å². The molecule has 0 radical (unpaired) electrons. The molecule has 0 aliphatic heterocycles. The number of aryl methyl sites for hydroxylation is 1. The van der Waals surface area contributed by atoms with Crippen LogP contribution >= 0.6 is 24.8 Å². The van der Waals surface area contributed by atoms with E-state index >= 15 is 0 Å². The van der Waals surface area contributed by atoms with Gasteiger partial charge in [0, 0.05) is 6.54 Å². The molecular formula is C8H15Cl2N3. The smallest absolute Gasteiger partial charge is 0.0657 e. The van der Waals surface area contributed by atoms with Crippen LogP contribution in [0.2, 0.25) is 0 Å². The maximum Gasteiger partial charge on any atom is 0.0657 e. The number of hydrogen-bond donors (Lipinski definition) is 2. The number of aromatic amines is 1. The Labute approximate surface area is 90.5 Å². The largest absolute Gasteiger partial charge is 0.314 e. The second-order valence-electron chi connectivity index (χ2n) is 3.01. The van der Waals surface area contributed by atoms with Crippen molar-refractivity contribution in [2.45, 2.75) is 25.8 Å². The van der Waals surface area contributed by atoms with Crippen molar-refractivity contribution in [1.29, 1.82) is 0 Å². The minimum atomic E-state index is 0. The van der Waals surface area contributed by atoms with Crippen molar-refractivity contribution in [3.8, 4) is 0 Å². The summed E-state index contributed by atoms with van der Waals surface area (Å²) in [5.74, 6) is 0. The molecule has 3 nitrogen and oxygen atoms in total. The van der Waals surface area contributed by atoms with Crippen molar-refractivity contribution in [1.82, 2.24) is 15.5 Å². The molecule has 1 aliphatic carbocycles. The molecule has 0 aromatic carbocycles. The quantitative estimate of drug-likeness (QED) is 0.798. The first-order chi connectivity index (χ1) is 5.42. The number of nitrogens with zero attached hydrogens (tertiary/aromatic N) is 1. The van der Waals surface area contributed by atoms with Crippen molar-refractivity contribution in [2.24, 2.45) is 0 Å². The molecule has 2 N–H and O–H groups in total. The van der Waals surface area contributed by atoms with Gasteiger partial charge in [-0.05, 0) is 31.9 Å². The van der Waals surface area contributed by atoms with Crippen LogP contribution in [0, 0.1) is 0 Å². The zero-order chi connectivity index (χ0) is 7.68.